The second-order valence-electron chi connectivity index (χ2n) is 7.53. The number of hydrogen-bond donors (Lipinski definition) is 0. The average Bonchev–Trinajstić information content (AvgIpc) is 2.60. The first-order valence-corrected chi connectivity index (χ1v) is 8.13. The molecular formula is C18H29N2O2+. The molecular weight excluding hydrogens is 276 g/mol. The molecule has 1 aromatic carbocycles. The Morgan fingerprint density at radius 3 is 2.50 bits per heavy atom. The first-order chi connectivity index (χ1) is 10.3. The van der Waals surface area contributed by atoms with Crippen LogP contribution < -0.4 is 0 Å². The Balaban J connectivity index is 1.95. The molecule has 4 heteroatoms. The summed E-state index contributed by atoms with van der Waals surface area (Å²) in [5, 5.41) is 0. The van der Waals surface area contributed by atoms with Gasteiger partial charge in [0.15, 0.2) is 0 Å². The van der Waals surface area contributed by atoms with Crippen LogP contribution in [-0.4, -0.2) is 54.3 Å². The van der Waals surface area contributed by atoms with E-state index in [1.165, 1.54) is 5.56 Å². The van der Waals surface area contributed by atoms with E-state index in [0.717, 1.165) is 43.6 Å². The predicted molar refractivity (Wildman–Crippen MR) is 88.5 cm³/mol. The molecule has 2 rings (SSSR count). The highest BCUT2D eigenvalue weighted by Crippen LogP contribution is 2.18. The molecule has 1 saturated heterocycles. The standard InChI is InChI=1S/C18H29N2O2/c1-18(2,3)22-17(21)19-11-8-13-20(4,14-12-19)15-16-9-6-5-7-10-16/h5-7,9-10H,8,11-15H2,1-4H3/q+1. The molecule has 1 aromatic rings. The summed E-state index contributed by atoms with van der Waals surface area (Å²) in [6.45, 7) is 10.4. The molecule has 4 nitrogen and oxygen atoms in total. The van der Waals surface area contributed by atoms with E-state index >= 15 is 0 Å². The number of likely N-dealkylation sites (N-methyl/N-ethyl adjacent to an activating group) is 1. The molecule has 1 fully saturated rings. The van der Waals surface area contributed by atoms with Gasteiger partial charge in [0, 0.05) is 18.5 Å². The van der Waals surface area contributed by atoms with Gasteiger partial charge in [0.25, 0.3) is 0 Å². The quantitative estimate of drug-likeness (QED) is 0.785. The summed E-state index contributed by atoms with van der Waals surface area (Å²) in [6.07, 6.45) is 0.837. The van der Waals surface area contributed by atoms with Crippen molar-refractivity contribution in [2.45, 2.75) is 39.3 Å². The van der Waals surface area contributed by atoms with Gasteiger partial charge < -0.3 is 14.1 Å². The topological polar surface area (TPSA) is 29.5 Å². The van der Waals surface area contributed by atoms with Crippen LogP contribution in [-0.2, 0) is 11.3 Å². The van der Waals surface area contributed by atoms with Gasteiger partial charge in [-0.25, -0.2) is 4.79 Å². The Hall–Kier alpha value is -1.55. The fourth-order valence-corrected chi connectivity index (χ4v) is 2.92. The van der Waals surface area contributed by atoms with E-state index in [9.17, 15) is 4.79 Å². The van der Waals surface area contributed by atoms with Crippen molar-refractivity contribution in [3.63, 3.8) is 0 Å². The summed E-state index contributed by atoms with van der Waals surface area (Å²) >= 11 is 0. The molecule has 0 saturated carbocycles. The lowest BCUT2D eigenvalue weighted by Crippen LogP contribution is -2.46. The summed E-state index contributed by atoms with van der Waals surface area (Å²) in [4.78, 5) is 14.1. The number of ether oxygens (including phenoxy) is 1. The summed E-state index contributed by atoms with van der Waals surface area (Å²) < 4.78 is 6.47. The van der Waals surface area contributed by atoms with Crippen LogP contribution >= 0.6 is 0 Å². The van der Waals surface area contributed by atoms with E-state index in [-0.39, 0.29) is 6.09 Å². The summed E-state index contributed by atoms with van der Waals surface area (Å²) in [5.41, 5.74) is 0.932. The number of quaternary nitrogens is 1. The van der Waals surface area contributed by atoms with Crippen molar-refractivity contribution < 1.29 is 14.0 Å². The molecule has 1 aliphatic heterocycles. The van der Waals surface area contributed by atoms with Gasteiger partial charge in [-0.15, -0.1) is 0 Å². The van der Waals surface area contributed by atoms with Gasteiger partial charge in [-0.2, -0.15) is 0 Å². The van der Waals surface area contributed by atoms with Gasteiger partial charge >= 0.3 is 6.09 Å². The van der Waals surface area contributed by atoms with Crippen LogP contribution in [0.4, 0.5) is 4.79 Å². The van der Waals surface area contributed by atoms with Crippen LogP contribution in [0.3, 0.4) is 0 Å². The maximum Gasteiger partial charge on any atom is 0.410 e. The number of hydrogen-bond acceptors (Lipinski definition) is 2. The third-order valence-electron chi connectivity index (χ3n) is 4.09. The zero-order valence-corrected chi connectivity index (χ0v) is 14.3. The zero-order valence-electron chi connectivity index (χ0n) is 14.3. The van der Waals surface area contributed by atoms with Crippen molar-refractivity contribution in [3.05, 3.63) is 35.9 Å². The summed E-state index contributed by atoms with van der Waals surface area (Å²) in [5.74, 6) is 0. The van der Waals surface area contributed by atoms with Crippen LogP contribution in [0.2, 0.25) is 0 Å². The van der Waals surface area contributed by atoms with Crippen molar-refractivity contribution in [2.75, 3.05) is 33.2 Å². The highest BCUT2D eigenvalue weighted by atomic mass is 16.6. The molecule has 22 heavy (non-hydrogen) atoms. The molecule has 0 radical (unpaired) electrons. The number of nitrogens with zero attached hydrogens (tertiary/aromatic N) is 2. The molecule has 1 aliphatic rings. The Bertz CT molecular complexity index is 496. The lowest BCUT2D eigenvalue weighted by molar-refractivity contribution is -0.920. The van der Waals surface area contributed by atoms with Crippen LogP contribution in [0.1, 0.15) is 32.8 Å². The summed E-state index contributed by atoms with van der Waals surface area (Å²) in [7, 11) is 2.28. The Morgan fingerprint density at radius 2 is 1.86 bits per heavy atom. The van der Waals surface area contributed by atoms with Crippen LogP contribution in [0, 0.1) is 0 Å². The monoisotopic (exact) mass is 305 g/mol. The second kappa shape index (κ2) is 6.69. The second-order valence-corrected chi connectivity index (χ2v) is 7.53. The van der Waals surface area contributed by atoms with Crippen molar-refractivity contribution in [3.8, 4) is 0 Å². The molecule has 0 aliphatic carbocycles. The molecule has 0 aromatic heterocycles. The van der Waals surface area contributed by atoms with Gasteiger partial charge in [0.1, 0.15) is 12.1 Å². The fraction of sp³-hybridized carbons (Fsp3) is 0.611. The van der Waals surface area contributed by atoms with E-state index in [2.05, 4.69) is 37.4 Å². The maximum absolute atomic E-state index is 12.2. The van der Waals surface area contributed by atoms with Gasteiger partial charge in [-0.3, -0.25) is 0 Å². The number of benzene rings is 1. The van der Waals surface area contributed by atoms with Crippen LogP contribution in [0.5, 0.6) is 0 Å². The predicted octanol–water partition coefficient (Wildman–Crippen LogP) is 3.27. The van der Waals surface area contributed by atoms with Crippen LogP contribution in [0.25, 0.3) is 0 Å². The van der Waals surface area contributed by atoms with Crippen molar-refractivity contribution in [1.29, 1.82) is 0 Å². The average molecular weight is 305 g/mol. The number of rotatable bonds is 2. The van der Waals surface area contributed by atoms with E-state index in [1.54, 1.807) is 0 Å². The SMILES string of the molecule is CC(C)(C)OC(=O)N1CCC[N+](C)(Cc2ccccc2)CC1. The minimum absolute atomic E-state index is 0.180. The number of carbonyl (C=O) groups is 1. The maximum atomic E-state index is 12.2. The number of amides is 1. The Labute approximate surface area is 134 Å². The highest BCUT2D eigenvalue weighted by Gasteiger charge is 2.30. The molecule has 1 atom stereocenters. The molecule has 0 spiro atoms. The summed E-state index contributed by atoms with van der Waals surface area (Å²) in [6, 6.07) is 10.6. The first-order valence-electron chi connectivity index (χ1n) is 8.13. The van der Waals surface area contributed by atoms with Crippen molar-refractivity contribution >= 4 is 6.09 Å². The molecule has 1 heterocycles. The highest BCUT2D eigenvalue weighted by molar-refractivity contribution is 5.68. The molecule has 1 unspecified atom stereocenters. The third kappa shape index (κ3) is 5.02. The Kier molecular flexibility index (Phi) is 5.12. The van der Waals surface area contributed by atoms with Crippen molar-refractivity contribution in [1.82, 2.24) is 4.90 Å². The lowest BCUT2D eigenvalue weighted by atomic mass is 10.2. The third-order valence-corrected chi connectivity index (χ3v) is 4.09. The van der Waals surface area contributed by atoms with E-state index < -0.39 is 5.60 Å². The smallest absolute Gasteiger partial charge is 0.410 e. The largest absolute Gasteiger partial charge is 0.444 e. The molecule has 1 amide bonds. The van der Waals surface area contributed by atoms with Gasteiger partial charge in [0.05, 0.1) is 26.7 Å². The van der Waals surface area contributed by atoms with Gasteiger partial charge in [0.2, 0.25) is 0 Å². The van der Waals surface area contributed by atoms with Crippen LogP contribution in [0.15, 0.2) is 30.3 Å². The Morgan fingerprint density at radius 1 is 1.18 bits per heavy atom. The molecule has 0 bridgehead atoms. The van der Waals surface area contributed by atoms with Gasteiger partial charge in [-0.05, 0) is 20.8 Å². The normalized spacial score (nSPS) is 23.0. The van der Waals surface area contributed by atoms with E-state index in [0.29, 0.717) is 0 Å². The number of carbonyl (C=O) groups excluding carboxylic acids is 1. The lowest BCUT2D eigenvalue weighted by Gasteiger charge is -2.33. The minimum Gasteiger partial charge on any atom is -0.444 e. The molecule has 122 valence electrons. The molecule has 0 N–H and O–H groups in total. The fourth-order valence-electron chi connectivity index (χ4n) is 2.92. The van der Waals surface area contributed by atoms with Gasteiger partial charge in [-0.1, -0.05) is 30.3 Å². The van der Waals surface area contributed by atoms with E-state index in [4.69, 9.17) is 4.74 Å². The van der Waals surface area contributed by atoms with E-state index in [1.807, 2.05) is 25.7 Å². The van der Waals surface area contributed by atoms with Crippen molar-refractivity contribution in [2.24, 2.45) is 0 Å². The first kappa shape index (κ1) is 16.8. The zero-order chi connectivity index (χ0) is 16.2. The minimum atomic E-state index is -0.425.